The highest BCUT2D eigenvalue weighted by molar-refractivity contribution is 6.00. The molecular weight excluding hydrogens is 480 g/mol. The lowest BCUT2D eigenvalue weighted by atomic mass is 9.97. The van der Waals surface area contributed by atoms with Crippen LogP contribution in [0.5, 0.6) is 0 Å². The van der Waals surface area contributed by atoms with Gasteiger partial charge in [-0.2, -0.15) is 10.1 Å². The first-order chi connectivity index (χ1) is 18.2. The Kier molecular flexibility index (Phi) is 6.98. The van der Waals surface area contributed by atoms with E-state index >= 15 is 0 Å². The minimum absolute atomic E-state index is 0.0423. The molecule has 0 aliphatic carbocycles. The van der Waals surface area contributed by atoms with Gasteiger partial charge in [0.15, 0.2) is 17.3 Å². The third-order valence-corrected chi connectivity index (χ3v) is 6.87. The van der Waals surface area contributed by atoms with Crippen molar-refractivity contribution in [3.05, 3.63) is 66.5 Å². The molecule has 1 aliphatic heterocycles. The van der Waals surface area contributed by atoms with E-state index in [1.54, 1.807) is 11.1 Å². The molecule has 5 rings (SSSR count). The van der Waals surface area contributed by atoms with Gasteiger partial charge >= 0.3 is 0 Å². The summed E-state index contributed by atoms with van der Waals surface area (Å²) in [6.07, 6.45) is 4.00. The molecule has 1 saturated heterocycles. The third kappa shape index (κ3) is 5.31. The number of likely N-dealkylation sites (tertiary alicyclic amines) is 1. The second-order valence-corrected chi connectivity index (χ2v) is 10.8. The lowest BCUT2D eigenvalue weighted by Gasteiger charge is -2.16. The highest BCUT2D eigenvalue weighted by Gasteiger charge is 2.26. The van der Waals surface area contributed by atoms with Crippen molar-refractivity contribution in [3.8, 4) is 11.1 Å². The molecule has 0 spiro atoms. The number of carbonyl (C=O) groups excluding carboxylic acids is 1. The lowest BCUT2D eigenvalue weighted by Crippen LogP contribution is -2.30. The number of nitrogens with zero attached hydrogens (tertiary/aromatic N) is 5. The van der Waals surface area contributed by atoms with E-state index in [-0.39, 0.29) is 23.4 Å². The Bertz CT molecular complexity index is 1430. The van der Waals surface area contributed by atoms with Crippen LogP contribution in [-0.2, 0) is 16.8 Å². The van der Waals surface area contributed by atoms with Crippen LogP contribution in [0.15, 0.2) is 53.7 Å². The number of carbonyl (C=O) groups is 1. The Balaban J connectivity index is 1.29. The van der Waals surface area contributed by atoms with Gasteiger partial charge in [-0.3, -0.25) is 9.89 Å². The molecule has 3 aromatic heterocycles. The number of aromatic nitrogens is 5. The normalized spacial score (nSPS) is 16.6. The molecular formula is C28H34N8O2. The molecule has 2 atom stereocenters. The van der Waals surface area contributed by atoms with Crippen molar-refractivity contribution >= 4 is 22.8 Å². The number of aromatic amines is 1. The molecule has 1 fully saturated rings. The van der Waals surface area contributed by atoms with Crippen LogP contribution in [0.3, 0.4) is 0 Å². The van der Waals surface area contributed by atoms with Crippen molar-refractivity contribution < 1.29 is 9.32 Å². The van der Waals surface area contributed by atoms with E-state index in [1.165, 1.54) is 6.08 Å². The fourth-order valence-corrected chi connectivity index (χ4v) is 4.64. The fraction of sp³-hybridized carbons (Fsp3) is 0.393. The van der Waals surface area contributed by atoms with Crippen molar-refractivity contribution in [1.29, 1.82) is 0 Å². The van der Waals surface area contributed by atoms with Crippen LogP contribution in [0.25, 0.3) is 22.2 Å². The molecule has 0 bridgehead atoms. The van der Waals surface area contributed by atoms with Gasteiger partial charge in [-0.25, -0.2) is 4.98 Å². The fourth-order valence-electron chi connectivity index (χ4n) is 4.64. The first kappa shape index (κ1) is 25.6. The Morgan fingerprint density at radius 1 is 1.29 bits per heavy atom. The van der Waals surface area contributed by atoms with Crippen molar-refractivity contribution in [2.75, 3.05) is 18.4 Å². The molecule has 0 unspecified atom stereocenters. The molecule has 4 aromatic rings. The molecule has 0 saturated carbocycles. The Labute approximate surface area is 221 Å². The molecule has 10 nitrogen and oxygen atoms in total. The Morgan fingerprint density at radius 3 is 2.79 bits per heavy atom. The number of amides is 1. The molecule has 1 aromatic carbocycles. The van der Waals surface area contributed by atoms with Crippen LogP contribution < -0.4 is 10.6 Å². The van der Waals surface area contributed by atoms with E-state index in [0.29, 0.717) is 31.3 Å². The number of benzene rings is 1. The predicted molar refractivity (Wildman–Crippen MR) is 146 cm³/mol. The summed E-state index contributed by atoms with van der Waals surface area (Å²) in [5.41, 5.74) is 3.81. The molecule has 3 N–H and O–H groups in total. The SMILES string of the molecule is C=CC(=O)N1CC[C@@H](Nc2n[nH]c3nccc(-c4ccc([C@H](C)NCc5noc(C(C)(C)C)n5)cc4)c23)C1. The molecule has 4 heterocycles. The number of hydrogen-bond donors (Lipinski definition) is 3. The zero-order valence-corrected chi connectivity index (χ0v) is 22.3. The maximum atomic E-state index is 12.0. The van der Waals surface area contributed by atoms with Crippen LogP contribution in [0.2, 0.25) is 0 Å². The molecule has 38 heavy (non-hydrogen) atoms. The van der Waals surface area contributed by atoms with Crippen molar-refractivity contribution in [3.63, 3.8) is 0 Å². The number of anilines is 1. The lowest BCUT2D eigenvalue weighted by molar-refractivity contribution is -0.125. The van der Waals surface area contributed by atoms with Gasteiger partial charge in [0, 0.05) is 36.8 Å². The molecule has 10 heteroatoms. The summed E-state index contributed by atoms with van der Waals surface area (Å²) in [5.74, 6) is 1.99. The maximum Gasteiger partial charge on any atom is 0.246 e. The number of nitrogens with one attached hydrogen (secondary N) is 3. The van der Waals surface area contributed by atoms with Gasteiger partial charge in [0.05, 0.1) is 11.9 Å². The average molecular weight is 515 g/mol. The van der Waals surface area contributed by atoms with Gasteiger partial charge in [-0.15, -0.1) is 0 Å². The Hall–Kier alpha value is -4.05. The van der Waals surface area contributed by atoms with Gasteiger partial charge in [0.1, 0.15) is 0 Å². The van der Waals surface area contributed by atoms with Crippen molar-refractivity contribution in [2.45, 2.75) is 58.2 Å². The van der Waals surface area contributed by atoms with E-state index in [9.17, 15) is 4.79 Å². The van der Waals surface area contributed by atoms with Gasteiger partial charge in [0.25, 0.3) is 0 Å². The summed E-state index contributed by atoms with van der Waals surface area (Å²) in [4.78, 5) is 22.7. The topological polar surface area (TPSA) is 125 Å². The number of fused-ring (bicyclic) bond motifs is 1. The van der Waals surface area contributed by atoms with Crippen molar-refractivity contribution in [2.24, 2.45) is 0 Å². The maximum absolute atomic E-state index is 12.0. The van der Waals surface area contributed by atoms with Gasteiger partial charge < -0.3 is 20.1 Å². The monoisotopic (exact) mass is 514 g/mol. The molecule has 1 amide bonds. The largest absolute Gasteiger partial charge is 0.363 e. The summed E-state index contributed by atoms with van der Waals surface area (Å²) in [6, 6.07) is 10.7. The number of H-pyrrole nitrogens is 1. The van der Waals surface area contributed by atoms with Crippen molar-refractivity contribution in [1.82, 2.24) is 35.5 Å². The zero-order valence-electron chi connectivity index (χ0n) is 22.3. The minimum atomic E-state index is -0.169. The Morgan fingerprint density at radius 2 is 2.08 bits per heavy atom. The quantitative estimate of drug-likeness (QED) is 0.296. The predicted octanol–water partition coefficient (Wildman–Crippen LogP) is 4.36. The second kappa shape index (κ2) is 10.4. The van der Waals surface area contributed by atoms with Crippen LogP contribution in [-0.4, -0.2) is 55.3 Å². The molecule has 0 radical (unpaired) electrons. The highest BCUT2D eigenvalue weighted by Crippen LogP contribution is 2.33. The second-order valence-electron chi connectivity index (χ2n) is 10.8. The van der Waals surface area contributed by atoms with E-state index < -0.39 is 0 Å². The van der Waals surface area contributed by atoms with Gasteiger partial charge in [-0.05, 0) is 42.2 Å². The van der Waals surface area contributed by atoms with E-state index in [4.69, 9.17) is 4.52 Å². The summed E-state index contributed by atoms with van der Waals surface area (Å²) in [7, 11) is 0. The van der Waals surface area contributed by atoms with E-state index in [1.807, 2.05) is 6.07 Å². The molecule has 1 aliphatic rings. The third-order valence-electron chi connectivity index (χ3n) is 6.87. The summed E-state index contributed by atoms with van der Waals surface area (Å²) >= 11 is 0. The number of pyridine rings is 1. The summed E-state index contributed by atoms with van der Waals surface area (Å²) in [6.45, 7) is 13.7. The zero-order chi connectivity index (χ0) is 26.9. The van der Waals surface area contributed by atoms with E-state index in [0.717, 1.165) is 40.0 Å². The van der Waals surface area contributed by atoms with Crippen LogP contribution in [0, 0.1) is 0 Å². The van der Waals surface area contributed by atoms with Crippen LogP contribution in [0.1, 0.15) is 57.4 Å². The first-order valence-corrected chi connectivity index (χ1v) is 12.9. The van der Waals surface area contributed by atoms with E-state index in [2.05, 4.69) is 94.5 Å². The first-order valence-electron chi connectivity index (χ1n) is 12.9. The van der Waals surface area contributed by atoms with Crippen LogP contribution in [0.4, 0.5) is 5.82 Å². The standard InChI is InChI=1S/C28H34N8O2/c1-6-23(37)36-14-12-20(16-36)31-26-24-21(11-13-29-25(24)33-34-26)19-9-7-18(8-10-19)17(2)30-15-22-32-27(38-35-22)28(3,4)5/h6-11,13,17,20,30H,1,12,14-16H2,2-5H3,(H2,29,31,33,34)/t17-,20+/m0/s1. The number of hydrogen-bond acceptors (Lipinski definition) is 8. The minimum Gasteiger partial charge on any atom is -0.363 e. The number of rotatable bonds is 8. The summed E-state index contributed by atoms with van der Waals surface area (Å²) in [5, 5.41) is 19.6. The van der Waals surface area contributed by atoms with Crippen LogP contribution >= 0.6 is 0 Å². The smallest absolute Gasteiger partial charge is 0.246 e. The average Bonchev–Trinajstić information content (AvgIpc) is 3.67. The highest BCUT2D eigenvalue weighted by atomic mass is 16.5. The van der Waals surface area contributed by atoms with Gasteiger partial charge in [-0.1, -0.05) is 56.8 Å². The van der Waals surface area contributed by atoms with Gasteiger partial charge in [0.2, 0.25) is 11.8 Å². The molecule has 198 valence electrons. The summed E-state index contributed by atoms with van der Waals surface area (Å²) < 4.78 is 5.39.